The third kappa shape index (κ3) is 3.21. The smallest absolute Gasteiger partial charge is 0.414 e. The first-order chi connectivity index (χ1) is 12.6. The van der Waals surface area contributed by atoms with Crippen LogP contribution in [0.2, 0.25) is 5.02 Å². The molecular formula is C18H15ClN4O3. The lowest BCUT2D eigenvalue weighted by atomic mass is 10.2. The summed E-state index contributed by atoms with van der Waals surface area (Å²) in [6, 6.07) is 12.5. The SMILES string of the molecule is O=C1OCCN1c1cccc(CNc2nc3cc(Cl)ccc3c(=O)[nH]2)c1. The van der Waals surface area contributed by atoms with Gasteiger partial charge in [-0.3, -0.25) is 14.7 Å². The van der Waals surface area contributed by atoms with Crippen molar-refractivity contribution in [3.63, 3.8) is 0 Å². The van der Waals surface area contributed by atoms with Gasteiger partial charge in [0.2, 0.25) is 5.95 Å². The monoisotopic (exact) mass is 370 g/mol. The number of carbonyl (C=O) groups is 1. The zero-order valence-corrected chi connectivity index (χ0v) is 14.4. The average Bonchev–Trinajstić information content (AvgIpc) is 3.06. The number of H-pyrrole nitrogens is 1. The molecule has 4 rings (SSSR count). The topological polar surface area (TPSA) is 87.3 Å². The van der Waals surface area contributed by atoms with Crippen LogP contribution in [0.4, 0.5) is 16.4 Å². The predicted molar refractivity (Wildman–Crippen MR) is 99.8 cm³/mol. The number of amides is 1. The zero-order valence-electron chi connectivity index (χ0n) is 13.7. The molecule has 2 aromatic carbocycles. The van der Waals surface area contributed by atoms with Crippen molar-refractivity contribution < 1.29 is 9.53 Å². The van der Waals surface area contributed by atoms with Crippen molar-refractivity contribution in [1.29, 1.82) is 0 Å². The molecule has 7 nitrogen and oxygen atoms in total. The molecule has 1 aromatic heterocycles. The minimum Gasteiger partial charge on any atom is -0.447 e. The summed E-state index contributed by atoms with van der Waals surface area (Å²) < 4.78 is 4.96. The standard InChI is InChI=1S/C18H15ClN4O3/c19-12-4-5-14-15(9-12)21-17(22-16(14)24)20-10-11-2-1-3-13(8-11)23-6-7-26-18(23)25/h1-5,8-9H,6-7,10H2,(H2,20,21,22,24). The molecule has 3 aromatic rings. The van der Waals surface area contributed by atoms with E-state index in [1.54, 1.807) is 23.1 Å². The first-order valence-electron chi connectivity index (χ1n) is 8.07. The van der Waals surface area contributed by atoms with Gasteiger partial charge in [0.25, 0.3) is 5.56 Å². The van der Waals surface area contributed by atoms with E-state index in [1.807, 2.05) is 24.3 Å². The zero-order chi connectivity index (χ0) is 18.1. The number of carbonyl (C=O) groups excluding carboxylic acids is 1. The van der Waals surface area contributed by atoms with Crippen LogP contribution < -0.4 is 15.8 Å². The number of rotatable bonds is 4. The second-order valence-electron chi connectivity index (χ2n) is 5.87. The van der Waals surface area contributed by atoms with E-state index in [-0.39, 0.29) is 11.7 Å². The summed E-state index contributed by atoms with van der Waals surface area (Å²) in [6.07, 6.45) is -0.340. The molecule has 1 amide bonds. The first kappa shape index (κ1) is 16.4. The number of nitrogens with zero attached hydrogens (tertiary/aromatic N) is 2. The number of ether oxygens (including phenoxy) is 1. The van der Waals surface area contributed by atoms with Gasteiger partial charge in [0.15, 0.2) is 0 Å². The van der Waals surface area contributed by atoms with Crippen molar-refractivity contribution in [1.82, 2.24) is 9.97 Å². The van der Waals surface area contributed by atoms with Crippen LogP contribution in [0.3, 0.4) is 0 Å². The molecule has 0 aliphatic carbocycles. The number of hydrogen-bond donors (Lipinski definition) is 2. The molecule has 0 atom stereocenters. The Morgan fingerprint density at radius 2 is 2.12 bits per heavy atom. The van der Waals surface area contributed by atoms with Crippen LogP contribution in [-0.2, 0) is 11.3 Å². The Bertz CT molecular complexity index is 1050. The van der Waals surface area contributed by atoms with Gasteiger partial charge < -0.3 is 10.1 Å². The molecule has 0 spiro atoms. The fourth-order valence-electron chi connectivity index (χ4n) is 2.84. The fraction of sp³-hybridized carbons (Fsp3) is 0.167. The maximum atomic E-state index is 12.1. The van der Waals surface area contributed by atoms with Gasteiger partial charge in [0.05, 0.1) is 17.4 Å². The van der Waals surface area contributed by atoms with Crippen molar-refractivity contribution in [3.05, 3.63) is 63.4 Å². The van der Waals surface area contributed by atoms with E-state index in [0.717, 1.165) is 11.3 Å². The highest BCUT2D eigenvalue weighted by molar-refractivity contribution is 6.31. The highest BCUT2D eigenvalue weighted by atomic mass is 35.5. The molecule has 1 fully saturated rings. The summed E-state index contributed by atoms with van der Waals surface area (Å²) in [5.74, 6) is 0.357. The van der Waals surface area contributed by atoms with Crippen molar-refractivity contribution in [2.75, 3.05) is 23.4 Å². The molecule has 2 N–H and O–H groups in total. The number of nitrogens with one attached hydrogen (secondary N) is 2. The third-order valence-electron chi connectivity index (χ3n) is 4.11. The first-order valence-corrected chi connectivity index (χ1v) is 8.45. The van der Waals surface area contributed by atoms with Gasteiger partial charge in [-0.1, -0.05) is 23.7 Å². The van der Waals surface area contributed by atoms with Crippen LogP contribution in [0.15, 0.2) is 47.3 Å². The van der Waals surface area contributed by atoms with E-state index in [0.29, 0.717) is 41.6 Å². The number of aromatic amines is 1. The fourth-order valence-corrected chi connectivity index (χ4v) is 3.01. The quantitative estimate of drug-likeness (QED) is 0.736. The van der Waals surface area contributed by atoms with Crippen LogP contribution in [0.1, 0.15) is 5.56 Å². The lowest BCUT2D eigenvalue weighted by Crippen LogP contribution is -2.23. The molecule has 1 aliphatic heterocycles. The van der Waals surface area contributed by atoms with Gasteiger partial charge in [0.1, 0.15) is 6.61 Å². The van der Waals surface area contributed by atoms with E-state index in [1.165, 1.54) is 0 Å². The average molecular weight is 371 g/mol. The van der Waals surface area contributed by atoms with Crippen molar-refractivity contribution >= 4 is 40.2 Å². The van der Waals surface area contributed by atoms with E-state index in [2.05, 4.69) is 15.3 Å². The molecule has 0 radical (unpaired) electrons. The highest BCUT2D eigenvalue weighted by Crippen LogP contribution is 2.21. The Labute approximate surface area is 153 Å². The molecule has 132 valence electrons. The second kappa shape index (κ2) is 6.68. The lowest BCUT2D eigenvalue weighted by molar-refractivity contribution is 0.181. The Morgan fingerprint density at radius 3 is 2.92 bits per heavy atom. The summed E-state index contributed by atoms with van der Waals surface area (Å²) in [5, 5.41) is 4.10. The molecule has 2 heterocycles. The normalized spacial score (nSPS) is 13.9. The number of benzene rings is 2. The summed E-state index contributed by atoms with van der Waals surface area (Å²) in [6.45, 7) is 1.37. The van der Waals surface area contributed by atoms with Crippen LogP contribution in [0, 0.1) is 0 Å². The van der Waals surface area contributed by atoms with E-state index >= 15 is 0 Å². The van der Waals surface area contributed by atoms with E-state index in [9.17, 15) is 9.59 Å². The molecule has 0 unspecified atom stereocenters. The van der Waals surface area contributed by atoms with Gasteiger partial charge >= 0.3 is 6.09 Å². The van der Waals surface area contributed by atoms with Crippen LogP contribution in [0.5, 0.6) is 0 Å². The number of hydrogen-bond acceptors (Lipinski definition) is 5. The summed E-state index contributed by atoms with van der Waals surface area (Å²) >= 11 is 5.97. The van der Waals surface area contributed by atoms with E-state index in [4.69, 9.17) is 16.3 Å². The number of cyclic esters (lactones) is 1. The minimum absolute atomic E-state index is 0.234. The Morgan fingerprint density at radius 1 is 1.23 bits per heavy atom. The molecule has 0 bridgehead atoms. The highest BCUT2D eigenvalue weighted by Gasteiger charge is 2.23. The molecule has 0 saturated carbocycles. The summed E-state index contributed by atoms with van der Waals surface area (Å²) in [5.41, 5.74) is 2.01. The number of aromatic nitrogens is 2. The van der Waals surface area contributed by atoms with Crippen molar-refractivity contribution in [3.8, 4) is 0 Å². The molecule has 26 heavy (non-hydrogen) atoms. The van der Waals surface area contributed by atoms with Crippen LogP contribution in [-0.4, -0.2) is 29.2 Å². The molecule has 1 saturated heterocycles. The Balaban J connectivity index is 1.55. The molecular weight excluding hydrogens is 356 g/mol. The molecule has 1 aliphatic rings. The number of fused-ring (bicyclic) bond motifs is 1. The Kier molecular flexibility index (Phi) is 4.22. The number of anilines is 2. The molecule has 8 heteroatoms. The minimum atomic E-state index is -0.340. The maximum absolute atomic E-state index is 12.1. The van der Waals surface area contributed by atoms with Gasteiger partial charge in [-0.2, -0.15) is 0 Å². The third-order valence-corrected chi connectivity index (χ3v) is 4.35. The largest absolute Gasteiger partial charge is 0.447 e. The van der Waals surface area contributed by atoms with E-state index < -0.39 is 0 Å². The Hall–Kier alpha value is -3.06. The van der Waals surface area contributed by atoms with Crippen LogP contribution in [0.25, 0.3) is 10.9 Å². The van der Waals surface area contributed by atoms with Crippen molar-refractivity contribution in [2.24, 2.45) is 0 Å². The summed E-state index contributed by atoms with van der Waals surface area (Å²) in [4.78, 5) is 32.5. The van der Waals surface area contributed by atoms with Crippen molar-refractivity contribution in [2.45, 2.75) is 6.54 Å². The van der Waals surface area contributed by atoms with Crippen LogP contribution >= 0.6 is 11.6 Å². The summed E-state index contributed by atoms with van der Waals surface area (Å²) in [7, 11) is 0. The predicted octanol–water partition coefficient (Wildman–Crippen LogP) is 3.15. The van der Waals surface area contributed by atoms with Gasteiger partial charge in [-0.15, -0.1) is 0 Å². The maximum Gasteiger partial charge on any atom is 0.414 e. The second-order valence-corrected chi connectivity index (χ2v) is 6.30. The van der Waals surface area contributed by atoms with Gasteiger partial charge in [0, 0.05) is 17.3 Å². The van der Waals surface area contributed by atoms with Gasteiger partial charge in [-0.25, -0.2) is 9.78 Å². The van der Waals surface area contributed by atoms with Gasteiger partial charge in [-0.05, 0) is 35.9 Å². The number of halogens is 1. The lowest BCUT2D eigenvalue weighted by Gasteiger charge is -2.14.